The number of aromatic hydroxyl groups is 1. The Morgan fingerprint density at radius 2 is 1.35 bits per heavy atom. The lowest BCUT2D eigenvalue weighted by atomic mass is 9.84. The van der Waals surface area contributed by atoms with Crippen LogP contribution in [0.1, 0.15) is 70.1 Å². The fourth-order valence-corrected chi connectivity index (χ4v) is 2.21. The van der Waals surface area contributed by atoms with Gasteiger partial charge in [-0.05, 0) is 36.8 Å². The lowest BCUT2D eigenvalue weighted by Gasteiger charge is -2.27. The summed E-state index contributed by atoms with van der Waals surface area (Å²) in [4.78, 5) is 0. The van der Waals surface area contributed by atoms with Gasteiger partial charge in [0.2, 0.25) is 0 Å². The van der Waals surface area contributed by atoms with Gasteiger partial charge in [-0.25, -0.2) is 0 Å². The number of hydrogen-bond donors (Lipinski definition) is 2. The molecular weight excluding hydrogens is 212 g/mol. The molecule has 96 valence electrons. The van der Waals surface area contributed by atoms with E-state index in [0.29, 0.717) is 5.56 Å². The van der Waals surface area contributed by atoms with Crippen LogP contribution in [0.5, 0.6) is 5.75 Å². The molecule has 0 spiro atoms. The van der Waals surface area contributed by atoms with E-state index in [1.807, 2.05) is 26.0 Å². The molecule has 0 aliphatic rings. The van der Waals surface area contributed by atoms with Crippen LogP contribution in [-0.4, -0.2) is 10.2 Å². The highest BCUT2D eigenvalue weighted by Crippen LogP contribution is 2.40. The summed E-state index contributed by atoms with van der Waals surface area (Å²) >= 11 is 0. The SMILES string of the molecule is CC(C)c1ccc(C(C)C)c(C(C)(C)O)c1O. The van der Waals surface area contributed by atoms with Crippen LogP contribution in [0.15, 0.2) is 12.1 Å². The van der Waals surface area contributed by atoms with E-state index in [1.54, 1.807) is 13.8 Å². The molecule has 0 aliphatic carbocycles. The highest BCUT2D eigenvalue weighted by molar-refractivity contribution is 5.50. The van der Waals surface area contributed by atoms with Gasteiger partial charge in [0.25, 0.3) is 0 Å². The van der Waals surface area contributed by atoms with Crippen molar-refractivity contribution in [1.29, 1.82) is 0 Å². The van der Waals surface area contributed by atoms with E-state index in [-0.39, 0.29) is 17.6 Å². The van der Waals surface area contributed by atoms with Crippen molar-refractivity contribution in [2.45, 2.75) is 59.0 Å². The van der Waals surface area contributed by atoms with Gasteiger partial charge in [-0.15, -0.1) is 0 Å². The summed E-state index contributed by atoms with van der Waals surface area (Å²) in [5.41, 5.74) is 1.55. The van der Waals surface area contributed by atoms with Gasteiger partial charge < -0.3 is 10.2 Å². The fraction of sp³-hybridized carbons (Fsp3) is 0.600. The molecule has 0 heterocycles. The molecular formula is C15H24O2. The Balaban J connectivity index is 3.54. The number of phenolic OH excluding ortho intramolecular Hbond substituents is 1. The van der Waals surface area contributed by atoms with Gasteiger partial charge in [0, 0.05) is 5.56 Å². The summed E-state index contributed by atoms with van der Waals surface area (Å²) in [6.45, 7) is 11.7. The minimum absolute atomic E-state index is 0.248. The monoisotopic (exact) mass is 236 g/mol. The van der Waals surface area contributed by atoms with Crippen LogP contribution in [0.2, 0.25) is 0 Å². The van der Waals surface area contributed by atoms with Gasteiger partial charge in [-0.3, -0.25) is 0 Å². The summed E-state index contributed by atoms with van der Waals surface area (Å²) < 4.78 is 0. The van der Waals surface area contributed by atoms with E-state index >= 15 is 0 Å². The number of benzene rings is 1. The fourth-order valence-electron chi connectivity index (χ4n) is 2.21. The van der Waals surface area contributed by atoms with Crippen molar-refractivity contribution in [3.05, 3.63) is 28.8 Å². The smallest absolute Gasteiger partial charge is 0.125 e. The lowest BCUT2D eigenvalue weighted by Crippen LogP contribution is -2.19. The molecule has 0 fully saturated rings. The van der Waals surface area contributed by atoms with Gasteiger partial charge in [-0.1, -0.05) is 39.8 Å². The normalized spacial score (nSPS) is 12.5. The summed E-state index contributed by atoms with van der Waals surface area (Å²) in [5.74, 6) is 0.777. The number of phenols is 1. The summed E-state index contributed by atoms with van der Waals surface area (Å²) in [7, 11) is 0. The summed E-state index contributed by atoms with van der Waals surface area (Å²) in [6, 6.07) is 3.98. The third-order valence-electron chi connectivity index (χ3n) is 3.10. The Hall–Kier alpha value is -1.02. The predicted molar refractivity (Wildman–Crippen MR) is 71.5 cm³/mol. The molecule has 1 rings (SSSR count). The topological polar surface area (TPSA) is 40.5 Å². The van der Waals surface area contributed by atoms with Crippen molar-refractivity contribution in [3.8, 4) is 5.75 Å². The van der Waals surface area contributed by atoms with Crippen molar-refractivity contribution < 1.29 is 10.2 Å². The van der Waals surface area contributed by atoms with Crippen LogP contribution in [0.25, 0.3) is 0 Å². The van der Waals surface area contributed by atoms with Crippen LogP contribution in [-0.2, 0) is 5.60 Å². The Bertz CT molecular complexity index is 398. The maximum atomic E-state index is 10.4. The maximum Gasteiger partial charge on any atom is 0.125 e. The highest BCUT2D eigenvalue weighted by Gasteiger charge is 2.27. The molecule has 2 heteroatoms. The predicted octanol–water partition coefficient (Wildman–Crippen LogP) is 3.87. The number of aliphatic hydroxyl groups is 1. The molecule has 0 bridgehead atoms. The van der Waals surface area contributed by atoms with Crippen molar-refractivity contribution in [2.24, 2.45) is 0 Å². The van der Waals surface area contributed by atoms with E-state index in [0.717, 1.165) is 11.1 Å². The maximum absolute atomic E-state index is 10.4. The molecule has 0 aliphatic heterocycles. The second kappa shape index (κ2) is 4.69. The van der Waals surface area contributed by atoms with Gasteiger partial charge in [0.05, 0.1) is 5.60 Å². The Kier molecular flexibility index (Phi) is 3.88. The molecule has 0 amide bonds. The first kappa shape index (κ1) is 14.0. The molecule has 1 aromatic rings. The molecule has 0 saturated heterocycles. The average molecular weight is 236 g/mol. The van der Waals surface area contributed by atoms with Gasteiger partial charge >= 0.3 is 0 Å². The Morgan fingerprint density at radius 1 is 0.941 bits per heavy atom. The van der Waals surface area contributed by atoms with Crippen LogP contribution in [0.4, 0.5) is 0 Å². The van der Waals surface area contributed by atoms with Gasteiger partial charge in [-0.2, -0.15) is 0 Å². The van der Waals surface area contributed by atoms with Crippen molar-refractivity contribution >= 4 is 0 Å². The average Bonchev–Trinajstić information content (AvgIpc) is 2.14. The molecule has 2 nitrogen and oxygen atoms in total. The van der Waals surface area contributed by atoms with Crippen molar-refractivity contribution in [2.75, 3.05) is 0 Å². The van der Waals surface area contributed by atoms with Crippen molar-refractivity contribution in [1.82, 2.24) is 0 Å². The van der Waals surface area contributed by atoms with Crippen LogP contribution in [0.3, 0.4) is 0 Å². The Morgan fingerprint density at radius 3 is 1.71 bits per heavy atom. The van der Waals surface area contributed by atoms with E-state index in [1.165, 1.54) is 0 Å². The molecule has 0 radical (unpaired) electrons. The molecule has 0 saturated carbocycles. The van der Waals surface area contributed by atoms with Crippen LogP contribution in [0, 0.1) is 0 Å². The zero-order valence-electron chi connectivity index (χ0n) is 11.7. The van der Waals surface area contributed by atoms with E-state index in [2.05, 4.69) is 13.8 Å². The molecule has 1 aromatic carbocycles. The minimum Gasteiger partial charge on any atom is -0.507 e. The molecule has 17 heavy (non-hydrogen) atoms. The summed E-state index contributed by atoms with van der Waals surface area (Å²) in [5, 5.41) is 20.6. The minimum atomic E-state index is -1.02. The van der Waals surface area contributed by atoms with Crippen molar-refractivity contribution in [3.63, 3.8) is 0 Å². The second-order valence-corrected chi connectivity index (χ2v) is 5.84. The first-order chi connectivity index (χ1) is 7.66. The highest BCUT2D eigenvalue weighted by atomic mass is 16.3. The third-order valence-corrected chi connectivity index (χ3v) is 3.10. The Labute approximate surface area is 104 Å². The van der Waals surface area contributed by atoms with Gasteiger partial charge in [0.1, 0.15) is 5.75 Å². The van der Waals surface area contributed by atoms with E-state index in [4.69, 9.17) is 0 Å². The number of hydrogen-bond acceptors (Lipinski definition) is 2. The summed E-state index contributed by atoms with van der Waals surface area (Å²) in [6.07, 6.45) is 0. The molecule has 2 N–H and O–H groups in total. The largest absolute Gasteiger partial charge is 0.507 e. The standard InChI is InChI=1S/C15H24O2/c1-9(2)11-7-8-12(10(3)4)14(16)13(11)15(5,6)17/h7-10,16-17H,1-6H3. The van der Waals surface area contributed by atoms with Crippen LogP contribution < -0.4 is 0 Å². The first-order valence-electron chi connectivity index (χ1n) is 6.24. The molecule has 0 unspecified atom stereocenters. The first-order valence-corrected chi connectivity index (χ1v) is 6.24. The zero-order chi connectivity index (χ0) is 13.4. The van der Waals surface area contributed by atoms with E-state index in [9.17, 15) is 10.2 Å². The second-order valence-electron chi connectivity index (χ2n) is 5.84. The molecule has 0 aromatic heterocycles. The quantitative estimate of drug-likeness (QED) is 0.836. The van der Waals surface area contributed by atoms with Gasteiger partial charge in [0.15, 0.2) is 0 Å². The van der Waals surface area contributed by atoms with E-state index < -0.39 is 5.60 Å². The zero-order valence-corrected chi connectivity index (χ0v) is 11.7. The number of rotatable bonds is 3. The molecule has 0 atom stereocenters. The lowest BCUT2D eigenvalue weighted by molar-refractivity contribution is 0.0743. The third kappa shape index (κ3) is 2.81. The van der Waals surface area contributed by atoms with Crippen LogP contribution >= 0.6 is 0 Å².